The van der Waals surface area contributed by atoms with Crippen molar-refractivity contribution in [3.63, 3.8) is 0 Å². The lowest BCUT2D eigenvalue weighted by Crippen LogP contribution is -2.41. The molecule has 2 amide bonds. The van der Waals surface area contributed by atoms with Crippen LogP contribution in [0.1, 0.15) is 11.3 Å². The first kappa shape index (κ1) is 15.4. The maximum atomic E-state index is 12.2. The molecule has 0 spiro atoms. The summed E-state index contributed by atoms with van der Waals surface area (Å²) in [7, 11) is 0. The number of hydrogen-bond donors (Lipinski definition) is 1. The van der Waals surface area contributed by atoms with Crippen molar-refractivity contribution in [1.29, 1.82) is 0 Å². The van der Waals surface area contributed by atoms with Gasteiger partial charge in [-0.15, -0.1) is 11.8 Å². The number of nitrogens with zero attached hydrogens (tertiary/aromatic N) is 1. The molecule has 0 unspecified atom stereocenters. The van der Waals surface area contributed by atoms with Crippen LogP contribution in [0.3, 0.4) is 0 Å². The van der Waals surface area contributed by atoms with Crippen LogP contribution in [0.2, 0.25) is 0 Å². The van der Waals surface area contributed by atoms with Gasteiger partial charge in [-0.25, -0.2) is 0 Å². The van der Waals surface area contributed by atoms with Crippen LogP contribution in [-0.4, -0.2) is 29.0 Å². The summed E-state index contributed by atoms with van der Waals surface area (Å²) in [5, 5.41) is 4.69. The van der Waals surface area contributed by atoms with Crippen molar-refractivity contribution in [2.45, 2.75) is 6.54 Å². The van der Waals surface area contributed by atoms with Gasteiger partial charge in [0.15, 0.2) is 0 Å². The molecule has 0 saturated carbocycles. The lowest BCUT2D eigenvalue weighted by Gasteiger charge is -2.28. The molecule has 0 fully saturated rings. The Kier molecular flexibility index (Phi) is 4.83. The van der Waals surface area contributed by atoms with E-state index in [4.69, 9.17) is 4.42 Å². The number of carbonyl (C=O) groups excluding carboxylic acids is 2. The molecule has 6 heteroatoms. The molecule has 1 aliphatic heterocycles. The molecule has 23 heavy (non-hydrogen) atoms. The number of hydrogen-bond acceptors (Lipinski definition) is 4. The largest absolute Gasteiger partial charge is 0.467 e. The molecule has 3 rings (SSSR count). The van der Waals surface area contributed by atoms with Gasteiger partial charge in [0.25, 0.3) is 0 Å². The van der Waals surface area contributed by atoms with E-state index in [2.05, 4.69) is 5.32 Å². The maximum Gasteiger partial charge on any atom is 0.240 e. The van der Waals surface area contributed by atoms with Gasteiger partial charge in [-0.3, -0.25) is 9.59 Å². The third kappa shape index (κ3) is 3.84. The zero-order valence-corrected chi connectivity index (χ0v) is 13.2. The van der Waals surface area contributed by atoms with Gasteiger partial charge in [-0.05, 0) is 23.1 Å². The van der Waals surface area contributed by atoms with E-state index in [-0.39, 0.29) is 18.4 Å². The molecule has 0 radical (unpaired) electrons. The zero-order valence-electron chi connectivity index (χ0n) is 12.4. The number of furan rings is 1. The molecular formula is C17H16N2O3S. The fourth-order valence-corrected chi connectivity index (χ4v) is 3.08. The predicted molar refractivity (Wildman–Crippen MR) is 89.1 cm³/mol. The van der Waals surface area contributed by atoms with E-state index in [1.54, 1.807) is 18.4 Å². The molecule has 0 atom stereocenters. The normalized spacial score (nSPS) is 14.5. The first-order chi connectivity index (χ1) is 11.2. The fraction of sp³-hybridized carbons (Fsp3) is 0.176. The minimum Gasteiger partial charge on any atom is -0.467 e. The molecule has 1 aromatic heterocycles. The molecule has 0 aliphatic carbocycles. The molecule has 1 aromatic carbocycles. The SMILES string of the molecule is O=C(CN1C(=O)CSC=C1c1ccccc1)NCc1ccco1. The van der Waals surface area contributed by atoms with Gasteiger partial charge in [0, 0.05) is 0 Å². The van der Waals surface area contributed by atoms with Crippen LogP contribution >= 0.6 is 11.8 Å². The summed E-state index contributed by atoms with van der Waals surface area (Å²) >= 11 is 1.45. The molecule has 5 nitrogen and oxygen atoms in total. The lowest BCUT2D eigenvalue weighted by atomic mass is 10.1. The Bertz CT molecular complexity index is 711. The number of rotatable bonds is 5. The van der Waals surface area contributed by atoms with Crippen LogP contribution in [0.5, 0.6) is 0 Å². The molecule has 2 aromatic rings. The van der Waals surface area contributed by atoms with Crippen LogP contribution in [0.25, 0.3) is 5.70 Å². The molecule has 1 aliphatic rings. The Morgan fingerprint density at radius 2 is 2.04 bits per heavy atom. The minimum atomic E-state index is -0.219. The van der Waals surface area contributed by atoms with E-state index >= 15 is 0 Å². The summed E-state index contributed by atoms with van der Waals surface area (Å²) in [6.45, 7) is 0.313. The average Bonchev–Trinajstić information content (AvgIpc) is 3.09. The third-order valence-electron chi connectivity index (χ3n) is 3.40. The van der Waals surface area contributed by atoms with E-state index in [9.17, 15) is 9.59 Å². The fourth-order valence-electron chi connectivity index (χ4n) is 2.27. The zero-order chi connectivity index (χ0) is 16.1. The van der Waals surface area contributed by atoms with Crippen molar-refractivity contribution >= 4 is 29.3 Å². The first-order valence-corrected chi connectivity index (χ1v) is 8.25. The van der Waals surface area contributed by atoms with Crippen molar-refractivity contribution in [3.05, 3.63) is 65.5 Å². The summed E-state index contributed by atoms with van der Waals surface area (Å²) in [5.74, 6) is 0.743. The van der Waals surface area contributed by atoms with Crippen molar-refractivity contribution in [2.75, 3.05) is 12.3 Å². The molecule has 1 N–H and O–H groups in total. The summed E-state index contributed by atoms with van der Waals surface area (Å²) < 4.78 is 5.18. The van der Waals surface area contributed by atoms with Gasteiger partial charge in [0.1, 0.15) is 12.3 Å². The topological polar surface area (TPSA) is 62.6 Å². The highest BCUT2D eigenvalue weighted by Gasteiger charge is 2.25. The van der Waals surface area contributed by atoms with Crippen LogP contribution in [-0.2, 0) is 16.1 Å². The number of nitrogens with one attached hydrogen (secondary N) is 1. The van der Waals surface area contributed by atoms with E-state index in [1.807, 2.05) is 35.7 Å². The summed E-state index contributed by atoms with van der Waals surface area (Å²) in [5.41, 5.74) is 1.69. The monoisotopic (exact) mass is 328 g/mol. The van der Waals surface area contributed by atoms with Crippen molar-refractivity contribution in [3.8, 4) is 0 Å². The first-order valence-electron chi connectivity index (χ1n) is 7.20. The summed E-state index contributed by atoms with van der Waals surface area (Å²) in [6.07, 6.45) is 1.56. The van der Waals surface area contributed by atoms with Crippen LogP contribution in [0.15, 0.2) is 58.6 Å². The van der Waals surface area contributed by atoms with Crippen LogP contribution < -0.4 is 5.32 Å². The van der Waals surface area contributed by atoms with Gasteiger partial charge in [0.2, 0.25) is 11.8 Å². The Morgan fingerprint density at radius 1 is 1.22 bits per heavy atom. The number of thioether (sulfide) groups is 1. The van der Waals surface area contributed by atoms with Crippen LogP contribution in [0.4, 0.5) is 0 Å². The Labute approximate surface area is 138 Å². The average molecular weight is 328 g/mol. The number of amides is 2. The van der Waals surface area contributed by atoms with E-state index < -0.39 is 0 Å². The highest BCUT2D eigenvalue weighted by Crippen LogP contribution is 2.27. The summed E-state index contributed by atoms with van der Waals surface area (Å²) in [6, 6.07) is 13.2. The van der Waals surface area contributed by atoms with Crippen molar-refractivity contribution in [1.82, 2.24) is 10.2 Å². The van der Waals surface area contributed by atoms with Gasteiger partial charge >= 0.3 is 0 Å². The lowest BCUT2D eigenvalue weighted by molar-refractivity contribution is -0.131. The van der Waals surface area contributed by atoms with Gasteiger partial charge in [-0.2, -0.15) is 0 Å². The van der Waals surface area contributed by atoms with Crippen LogP contribution in [0, 0.1) is 0 Å². The van der Waals surface area contributed by atoms with E-state index in [0.717, 1.165) is 11.3 Å². The predicted octanol–water partition coefficient (Wildman–Crippen LogP) is 2.47. The Balaban J connectivity index is 1.68. The quantitative estimate of drug-likeness (QED) is 0.916. The highest BCUT2D eigenvalue weighted by atomic mass is 32.2. The summed E-state index contributed by atoms with van der Waals surface area (Å²) in [4.78, 5) is 25.9. The Morgan fingerprint density at radius 3 is 2.78 bits per heavy atom. The second-order valence-electron chi connectivity index (χ2n) is 5.02. The van der Waals surface area contributed by atoms with E-state index in [0.29, 0.717) is 18.1 Å². The van der Waals surface area contributed by atoms with E-state index in [1.165, 1.54) is 16.7 Å². The number of benzene rings is 1. The highest BCUT2D eigenvalue weighted by molar-refractivity contribution is 8.03. The van der Waals surface area contributed by atoms with Crippen molar-refractivity contribution < 1.29 is 14.0 Å². The molecule has 2 heterocycles. The molecule has 118 valence electrons. The van der Waals surface area contributed by atoms with Gasteiger partial charge in [-0.1, -0.05) is 30.3 Å². The number of carbonyl (C=O) groups is 2. The third-order valence-corrected chi connectivity index (χ3v) is 4.21. The second kappa shape index (κ2) is 7.19. The standard InChI is InChI=1S/C17H16N2O3S/c20-16(18-9-14-7-4-8-22-14)10-19-15(11-23-12-17(19)21)13-5-2-1-3-6-13/h1-8,11H,9-10,12H2,(H,18,20). The smallest absolute Gasteiger partial charge is 0.240 e. The Hall–Kier alpha value is -2.47. The maximum absolute atomic E-state index is 12.2. The molecule has 0 saturated heterocycles. The van der Waals surface area contributed by atoms with Crippen molar-refractivity contribution in [2.24, 2.45) is 0 Å². The minimum absolute atomic E-state index is 0.000823. The second-order valence-corrected chi connectivity index (χ2v) is 5.87. The van der Waals surface area contributed by atoms with Gasteiger partial charge in [0.05, 0.1) is 24.3 Å². The molecule has 0 bridgehead atoms. The molecular weight excluding hydrogens is 312 g/mol. The van der Waals surface area contributed by atoms with Gasteiger partial charge < -0.3 is 14.6 Å².